The number of anilines is 1. The number of carbonyl (C=O) groups excluding carboxylic acids is 1. The van der Waals surface area contributed by atoms with E-state index in [-0.39, 0.29) is 23.5 Å². The molecule has 0 aromatic carbocycles. The zero-order chi connectivity index (χ0) is 13.7. The van der Waals surface area contributed by atoms with Gasteiger partial charge in [-0.25, -0.2) is 4.98 Å². The van der Waals surface area contributed by atoms with Crippen LogP contribution < -0.4 is 10.6 Å². The van der Waals surface area contributed by atoms with Gasteiger partial charge in [-0.05, 0) is 26.0 Å². The number of esters is 1. The van der Waals surface area contributed by atoms with E-state index in [1.165, 1.54) is 7.11 Å². The standard InChI is InChI=1S/C12H17N3O2S/c1-8(2)15(7-11(16)17-3)10-6-4-5-9(14-10)12(13)18/h4-6,8H,7H2,1-3H3,(H2,13,18). The third-order valence-corrected chi connectivity index (χ3v) is 2.64. The van der Waals surface area contributed by atoms with Crippen LogP contribution in [0.4, 0.5) is 5.82 Å². The molecule has 6 heteroatoms. The second-order valence-corrected chi connectivity index (χ2v) is 4.48. The molecule has 0 aliphatic carbocycles. The molecule has 1 heterocycles. The smallest absolute Gasteiger partial charge is 0.325 e. The molecule has 0 saturated heterocycles. The van der Waals surface area contributed by atoms with Gasteiger partial charge >= 0.3 is 5.97 Å². The molecule has 0 amide bonds. The number of rotatable bonds is 5. The Balaban J connectivity index is 3.02. The molecule has 0 atom stereocenters. The molecule has 2 N–H and O–H groups in total. The van der Waals surface area contributed by atoms with Crippen molar-refractivity contribution in [2.75, 3.05) is 18.6 Å². The molecule has 1 aromatic rings. The molecule has 0 aliphatic heterocycles. The predicted molar refractivity (Wildman–Crippen MR) is 74.6 cm³/mol. The van der Waals surface area contributed by atoms with Crippen molar-refractivity contribution in [2.24, 2.45) is 5.73 Å². The van der Waals surface area contributed by atoms with Gasteiger partial charge in [0.05, 0.1) is 12.8 Å². The number of aromatic nitrogens is 1. The Morgan fingerprint density at radius 2 is 2.22 bits per heavy atom. The quantitative estimate of drug-likeness (QED) is 0.636. The number of carbonyl (C=O) groups is 1. The minimum Gasteiger partial charge on any atom is -0.468 e. The summed E-state index contributed by atoms with van der Waals surface area (Å²) in [6.45, 7) is 4.08. The van der Waals surface area contributed by atoms with Crippen molar-refractivity contribution in [3.05, 3.63) is 23.9 Å². The van der Waals surface area contributed by atoms with Crippen molar-refractivity contribution in [1.29, 1.82) is 0 Å². The Morgan fingerprint density at radius 3 is 2.72 bits per heavy atom. The number of nitrogens with two attached hydrogens (primary N) is 1. The molecule has 0 bridgehead atoms. The highest BCUT2D eigenvalue weighted by Gasteiger charge is 2.16. The molecule has 1 rings (SSSR count). The van der Waals surface area contributed by atoms with Crippen LogP contribution >= 0.6 is 12.2 Å². The minimum atomic E-state index is -0.314. The monoisotopic (exact) mass is 267 g/mol. The van der Waals surface area contributed by atoms with E-state index in [9.17, 15) is 4.79 Å². The zero-order valence-corrected chi connectivity index (χ0v) is 11.5. The molecule has 18 heavy (non-hydrogen) atoms. The first-order valence-corrected chi connectivity index (χ1v) is 5.97. The average Bonchev–Trinajstić information content (AvgIpc) is 2.35. The average molecular weight is 267 g/mol. The summed E-state index contributed by atoms with van der Waals surface area (Å²) in [6.07, 6.45) is 0. The van der Waals surface area contributed by atoms with Crippen molar-refractivity contribution in [3.8, 4) is 0 Å². The van der Waals surface area contributed by atoms with Crippen molar-refractivity contribution >= 4 is 29.0 Å². The van der Waals surface area contributed by atoms with Gasteiger partial charge in [0.2, 0.25) is 0 Å². The van der Waals surface area contributed by atoms with Crippen molar-refractivity contribution in [3.63, 3.8) is 0 Å². The summed E-state index contributed by atoms with van der Waals surface area (Å²) >= 11 is 4.89. The normalized spacial score (nSPS) is 10.2. The lowest BCUT2D eigenvalue weighted by atomic mass is 10.2. The summed E-state index contributed by atoms with van der Waals surface area (Å²) in [7, 11) is 1.36. The van der Waals surface area contributed by atoms with Crippen LogP contribution in [0.2, 0.25) is 0 Å². The Bertz CT molecular complexity index is 449. The first-order chi connectivity index (χ1) is 8.45. The Labute approximate surface area is 112 Å². The van der Waals surface area contributed by atoms with Crippen molar-refractivity contribution in [1.82, 2.24) is 4.98 Å². The molecule has 0 radical (unpaired) electrons. The fraction of sp³-hybridized carbons (Fsp3) is 0.417. The van der Waals surface area contributed by atoms with Crippen molar-refractivity contribution < 1.29 is 9.53 Å². The number of methoxy groups -OCH3 is 1. The second kappa shape index (κ2) is 6.30. The number of ether oxygens (including phenoxy) is 1. The lowest BCUT2D eigenvalue weighted by Gasteiger charge is -2.26. The van der Waals surface area contributed by atoms with Crippen LogP contribution in [0, 0.1) is 0 Å². The SMILES string of the molecule is COC(=O)CN(c1cccc(C(N)=S)n1)C(C)C. The van der Waals surface area contributed by atoms with Crippen LogP contribution in [0.15, 0.2) is 18.2 Å². The predicted octanol–water partition coefficient (Wildman–Crippen LogP) is 1.10. The third kappa shape index (κ3) is 3.66. The Morgan fingerprint density at radius 1 is 1.56 bits per heavy atom. The highest BCUT2D eigenvalue weighted by atomic mass is 32.1. The topological polar surface area (TPSA) is 68.5 Å². The number of hydrogen-bond acceptors (Lipinski definition) is 5. The van der Waals surface area contributed by atoms with Crippen LogP contribution in [0.3, 0.4) is 0 Å². The van der Waals surface area contributed by atoms with E-state index in [2.05, 4.69) is 9.72 Å². The number of thiocarbonyl (C=S) groups is 1. The summed E-state index contributed by atoms with van der Waals surface area (Å²) in [4.78, 5) is 17.8. The minimum absolute atomic E-state index is 0.109. The van der Waals surface area contributed by atoms with E-state index in [0.29, 0.717) is 11.5 Å². The van der Waals surface area contributed by atoms with Gasteiger partial charge < -0.3 is 15.4 Å². The van der Waals surface area contributed by atoms with Crippen LogP contribution in [0.25, 0.3) is 0 Å². The maximum absolute atomic E-state index is 11.4. The zero-order valence-electron chi connectivity index (χ0n) is 10.7. The van der Waals surface area contributed by atoms with Crippen LogP contribution in [0.1, 0.15) is 19.5 Å². The van der Waals surface area contributed by atoms with Gasteiger partial charge in [-0.15, -0.1) is 0 Å². The van der Waals surface area contributed by atoms with Gasteiger partial charge in [-0.2, -0.15) is 0 Å². The van der Waals surface area contributed by atoms with Crippen LogP contribution in [0.5, 0.6) is 0 Å². The van der Waals surface area contributed by atoms with E-state index in [0.717, 1.165) is 0 Å². The number of hydrogen-bond donors (Lipinski definition) is 1. The fourth-order valence-corrected chi connectivity index (χ4v) is 1.57. The summed E-state index contributed by atoms with van der Waals surface area (Å²) in [5.74, 6) is 0.340. The fourth-order valence-electron chi connectivity index (χ4n) is 1.45. The molecule has 0 unspecified atom stereocenters. The van der Waals surface area contributed by atoms with Crippen LogP contribution in [-0.2, 0) is 9.53 Å². The van der Waals surface area contributed by atoms with E-state index < -0.39 is 0 Å². The highest BCUT2D eigenvalue weighted by molar-refractivity contribution is 7.80. The number of nitrogens with zero attached hydrogens (tertiary/aromatic N) is 2. The molecule has 98 valence electrons. The maximum atomic E-state index is 11.4. The summed E-state index contributed by atoms with van der Waals surface area (Å²) in [5, 5.41) is 0. The molecule has 0 aliphatic rings. The third-order valence-electron chi connectivity index (χ3n) is 2.43. The van der Waals surface area contributed by atoms with Crippen LogP contribution in [-0.4, -0.2) is 35.6 Å². The Hall–Kier alpha value is -1.69. The molecule has 5 nitrogen and oxygen atoms in total. The molecule has 0 spiro atoms. The van der Waals surface area contributed by atoms with Gasteiger partial charge in [0, 0.05) is 6.04 Å². The number of pyridine rings is 1. The molecule has 0 fully saturated rings. The van der Waals surface area contributed by atoms with Crippen molar-refractivity contribution in [2.45, 2.75) is 19.9 Å². The van der Waals surface area contributed by atoms with E-state index in [1.54, 1.807) is 6.07 Å². The summed E-state index contributed by atoms with van der Waals surface area (Å²) < 4.78 is 4.67. The highest BCUT2D eigenvalue weighted by Crippen LogP contribution is 2.14. The first-order valence-electron chi connectivity index (χ1n) is 5.56. The second-order valence-electron chi connectivity index (χ2n) is 4.04. The molecule has 1 aromatic heterocycles. The molecule has 0 saturated carbocycles. The van der Waals surface area contributed by atoms with Gasteiger partial charge in [-0.1, -0.05) is 18.3 Å². The Kier molecular flexibility index (Phi) is 5.03. The van der Waals surface area contributed by atoms with E-state index in [4.69, 9.17) is 18.0 Å². The van der Waals surface area contributed by atoms with Gasteiger partial charge in [0.15, 0.2) is 0 Å². The van der Waals surface area contributed by atoms with E-state index >= 15 is 0 Å². The lowest BCUT2D eigenvalue weighted by Crippen LogP contribution is -2.37. The van der Waals surface area contributed by atoms with Gasteiger partial charge in [0.25, 0.3) is 0 Å². The summed E-state index contributed by atoms with van der Waals surface area (Å²) in [5.41, 5.74) is 6.08. The van der Waals surface area contributed by atoms with Gasteiger partial charge in [-0.3, -0.25) is 4.79 Å². The van der Waals surface area contributed by atoms with Gasteiger partial charge in [0.1, 0.15) is 17.4 Å². The largest absolute Gasteiger partial charge is 0.468 e. The summed E-state index contributed by atoms with van der Waals surface area (Å²) in [6, 6.07) is 5.47. The maximum Gasteiger partial charge on any atom is 0.325 e. The molecular weight excluding hydrogens is 250 g/mol. The van der Waals surface area contributed by atoms with E-state index in [1.807, 2.05) is 30.9 Å². The lowest BCUT2D eigenvalue weighted by molar-refractivity contribution is -0.139. The first kappa shape index (κ1) is 14.4. The molecular formula is C12H17N3O2S.